The van der Waals surface area contributed by atoms with Crippen LogP contribution in [0.1, 0.15) is 47.2 Å². The second kappa shape index (κ2) is 6.07. The predicted octanol–water partition coefficient (Wildman–Crippen LogP) is 3.63. The number of carbonyl (C=O) groups excluding carboxylic acids is 1. The van der Waals surface area contributed by atoms with E-state index < -0.39 is 0 Å². The van der Waals surface area contributed by atoms with Crippen LogP contribution in [0.15, 0.2) is 42.6 Å². The molecule has 1 aliphatic heterocycles. The van der Waals surface area contributed by atoms with E-state index in [0.29, 0.717) is 5.56 Å². The Morgan fingerprint density at radius 2 is 2.17 bits per heavy atom. The van der Waals surface area contributed by atoms with Crippen LogP contribution < -0.4 is 0 Å². The number of benzene rings is 1. The van der Waals surface area contributed by atoms with E-state index in [1.54, 1.807) is 6.20 Å². The van der Waals surface area contributed by atoms with Gasteiger partial charge in [0.15, 0.2) is 0 Å². The van der Waals surface area contributed by atoms with Crippen LogP contribution in [0.4, 0.5) is 0 Å². The smallest absolute Gasteiger partial charge is 0.254 e. The fraction of sp³-hybridized carbons (Fsp3) is 0.316. The number of hydrogen-bond donors (Lipinski definition) is 1. The van der Waals surface area contributed by atoms with Gasteiger partial charge in [-0.2, -0.15) is 0 Å². The first kappa shape index (κ1) is 14.9. The maximum atomic E-state index is 13.1. The van der Waals surface area contributed by atoms with Crippen LogP contribution in [-0.4, -0.2) is 32.3 Å². The molecule has 1 fully saturated rings. The van der Waals surface area contributed by atoms with Crippen molar-refractivity contribution in [2.75, 3.05) is 6.54 Å². The van der Waals surface area contributed by atoms with Crippen LogP contribution in [0.5, 0.6) is 0 Å². The molecule has 0 spiro atoms. The molecule has 0 bridgehead atoms. The number of nitrogens with one attached hydrogen (secondary N) is 1. The highest BCUT2D eigenvalue weighted by molar-refractivity contribution is 5.97. The summed E-state index contributed by atoms with van der Waals surface area (Å²) in [6.07, 6.45) is 4.93. The Labute approximate surface area is 140 Å². The molecule has 122 valence electrons. The Morgan fingerprint density at radius 3 is 3.00 bits per heavy atom. The van der Waals surface area contributed by atoms with Gasteiger partial charge in [0, 0.05) is 18.3 Å². The van der Waals surface area contributed by atoms with Crippen LogP contribution in [0.2, 0.25) is 0 Å². The highest BCUT2D eigenvalue weighted by atomic mass is 16.2. The molecule has 1 N–H and O–H groups in total. The number of aromatic nitrogens is 3. The molecule has 1 atom stereocenters. The van der Waals surface area contributed by atoms with Crippen molar-refractivity contribution < 1.29 is 4.79 Å². The largest absolute Gasteiger partial charge is 0.342 e. The summed E-state index contributed by atoms with van der Waals surface area (Å²) in [7, 11) is 0. The van der Waals surface area contributed by atoms with Gasteiger partial charge < -0.3 is 9.88 Å². The molecule has 1 aromatic carbocycles. The molecule has 1 aliphatic rings. The lowest BCUT2D eigenvalue weighted by atomic mass is 9.97. The molecule has 1 saturated heterocycles. The van der Waals surface area contributed by atoms with Crippen molar-refractivity contribution in [1.82, 2.24) is 19.9 Å². The number of aromatic amines is 1. The lowest BCUT2D eigenvalue weighted by Gasteiger charge is -2.35. The second-order valence-electron chi connectivity index (χ2n) is 6.32. The average Bonchev–Trinajstić information content (AvgIpc) is 3.01. The van der Waals surface area contributed by atoms with Gasteiger partial charge >= 0.3 is 0 Å². The third-order valence-electron chi connectivity index (χ3n) is 4.64. The second-order valence-corrected chi connectivity index (χ2v) is 6.32. The van der Waals surface area contributed by atoms with E-state index in [4.69, 9.17) is 0 Å². The van der Waals surface area contributed by atoms with Crippen LogP contribution in [-0.2, 0) is 0 Å². The van der Waals surface area contributed by atoms with Crippen molar-refractivity contribution in [3.63, 3.8) is 0 Å². The lowest BCUT2D eigenvalue weighted by Crippen LogP contribution is -2.38. The highest BCUT2D eigenvalue weighted by Crippen LogP contribution is 2.31. The van der Waals surface area contributed by atoms with Gasteiger partial charge in [0.05, 0.1) is 22.8 Å². The summed E-state index contributed by atoms with van der Waals surface area (Å²) in [5, 5.41) is 0. The minimum Gasteiger partial charge on any atom is -0.342 e. The van der Waals surface area contributed by atoms with Crippen molar-refractivity contribution in [1.29, 1.82) is 0 Å². The highest BCUT2D eigenvalue weighted by Gasteiger charge is 2.29. The zero-order valence-corrected chi connectivity index (χ0v) is 13.7. The average molecular weight is 320 g/mol. The van der Waals surface area contributed by atoms with Crippen molar-refractivity contribution in [2.24, 2.45) is 0 Å². The molecule has 0 unspecified atom stereocenters. The minimum atomic E-state index is 0.0617. The number of pyridine rings is 1. The molecule has 5 heteroatoms. The molecule has 4 rings (SSSR count). The maximum absolute atomic E-state index is 13.1. The third kappa shape index (κ3) is 2.66. The third-order valence-corrected chi connectivity index (χ3v) is 4.64. The van der Waals surface area contributed by atoms with E-state index in [0.717, 1.165) is 48.4 Å². The first-order valence-electron chi connectivity index (χ1n) is 8.40. The first-order valence-corrected chi connectivity index (χ1v) is 8.40. The van der Waals surface area contributed by atoms with Gasteiger partial charge in [-0.15, -0.1) is 0 Å². The Hall–Kier alpha value is -2.69. The van der Waals surface area contributed by atoms with Crippen molar-refractivity contribution in [3.05, 3.63) is 59.7 Å². The number of nitrogens with zero attached hydrogens (tertiary/aromatic N) is 3. The molecule has 5 nitrogen and oxygen atoms in total. The van der Waals surface area contributed by atoms with E-state index in [2.05, 4.69) is 15.0 Å². The topological polar surface area (TPSA) is 61.9 Å². The fourth-order valence-corrected chi connectivity index (χ4v) is 3.49. The molecule has 24 heavy (non-hydrogen) atoms. The van der Waals surface area contributed by atoms with Crippen molar-refractivity contribution >= 4 is 16.9 Å². The first-order chi connectivity index (χ1) is 11.7. The number of hydrogen-bond acceptors (Lipinski definition) is 3. The lowest BCUT2D eigenvalue weighted by molar-refractivity contribution is 0.0606. The number of rotatable bonds is 2. The van der Waals surface area contributed by atoms with Crippen molar-refractivity contribution in [3.8, 4) is 0 Å². The molecular formula is C19H20N4O. The summed E-state index contributed by atoms with van der Waals surface area (Å²) >= 11 is 0. The van der Waals surface area contributed by atoms with E-state index in [1.807, 2.05) is 48.2 Å². The standard InChI is InChI=1S/C19H20N4O/c1-13-21-15-9-8-14(12-17(15)22-13)19(24)23-11-5-3-7-18(23)16-6-2-4-10-20-16/h2,4,6,8-10,12,18H,3,5,7,11H2,1H3,(H,21,22)/t18-/m1/s1. The van der Waals surface area contributed by atoms with E-state index >= 15 is 0 Å². The van der Waals surface area contributed by atoms with E-state index in [-0.39, 0.29) is 11.9 Å². The zero-order valence-electron chi connectivity index (χ0n) is 13.7. The molecule has 0 saturated carbocycles. The van der Waals surface area contributed by atoms with E-state index in [9.17, 15) is 4.79 Å². The number of aryl methyl sites for hydroxylation is 1. The van der Waals surface area contributed by atoms with Gasteiger partial charge in [-0.1, -0.05) is 6.07 Å². The molecule has 2 aromatic heterocycles. The Kier molecular flexibility index (Phi) is 3.76. The number of amides is 1. The summed E-state index contributed by atoms with van der Waals surface area (Å²) in [6.45, 7) is 2.70. The normalized spacial score (nSPS) is 18.0. The van der Waals surface area contributed by atoms with Crippen LogP contribution >= 0.6 is 0 Å². The van der Waals surface area contributed by atoms with Gasteiger partial charge in [0.25, 0.3) is 5.91 Å². The molecule has 3 aromatic rings. The molecule has 0 radical (unpaired) electrons. The Balaban J connectivity index is 1.67. The number of H-pyrrole nitrogens is 1. The number of carbonyl (C=O) groups is 1. The number of fused-ring (bicyclic) bond motifs is 1. The fourth-order valence-electron chi connectivity index (χ4n) is 3.49. The summed E-state index contributed by atoms with van der Waals surface area (Å²) in [4.78, 5) is 27.1. The van der Waals surface area contributed by atoms with E-state index in [1.165, 1.54) is 0 Å². The summed E-state index contributed by atoms with van der Waals surface area (Å²) in [5.74, 6) is 0.929. The molecule has 1 amide bonds. The number of imidazole rings is 1. The Bertz CT molecular complexity index is 871. The molecular weight excluding hydrogens is 300 g/mol. The van der Waals surface area contributed by atoms with Gasteiger partial charge in [-0.05, 0) is 56.5 Å². The summed E-state index contributed by atoms with van der Waals surface area (Å²) in [5.41, 5.74) is 3.48. The minimum absolute atomic E-state index is 0.0617. The van der Waals surface area contributed by atoms with Crippen LogP contribution in [0.25, 0.3) is 11.0 Å². The van der Waals surface area contributed by atoms with Crippen LogP contribution in [0.3, 0.4) is 0 Å². The monoisotopic (exact) mass is 320 g/mol. The predicted molar refractivity (Wildman–Crippen MR) is 92.7 cm³/mol. The number of likely N-dealkylation sites (tertiary alicyclic amines) is 1. The molecule has 0 aliphatic carbocycles. The van der Waals surface area contributed by atoms with Gasteiger partial charge in [0.1, 0.15) is 5.82 Å². The number of piperidine rings is 1. The maximum Gasteiger partial charge on any atom is 0.254 e. The summed E-state index contributed by atoms with van der Waals surface area (Å²) in [6, 6.07) is 11.7. The summed E-state index contributed by atoms with van der Waals surface area (Å²) < 4.78 is 0. The van der Waals surface area contributed by atoms with Gasteiger partial charge in [-0.25, -0.2) is 4.98 Å². The van der Waals surface area contributed by atoms with Crippen LogP contribution in [0, 0.1) is 6.92 Å². The van der Waals surface area contributed by atoms with Crippen molar-refractivity contribution in [2.45, 2.75) is 32.2 Å². The van der Waals surface area contributed by atoms with Gasteiger partial charge in [-0.3, -0.25) is 9.78 Å². The molecule has 3 heterocycles. The Morgan fingerprint density at radius 1 is 1.25 bits per heavy atom. The zero-order chi connectivity index (χ0) is 16.5. The van der Waals surface area contributed by atoms with Gasteiger partial charge in [0.2, 0.25) is 0 Å². The SMILES string of the molecule is Cc1nc2ccc(C(=O)N3CCCC[C@@H]3c3ccccn3)cc2[nH]1. The quantitative estimate of drug-likeness (QED) is 0.784.